The molecule has 0 N–H and O–H groups in total. The van der Waals surface area contributed by atoms with Gasteiger partial charge < -0.3 is 0 Å². The molecule has 0 unspecified atom stereocenters. The standard InChI is InChI=1S/C18H29/c1-3-5-7-9-11-13-15-17-18-16-14-12-10-8-6-4-2/h5,7,11-14,17-18H,1,3-4,6,8-10,15-16H2,2H3. The molecule has 0 aliphatic heterocycles. The summed E-state index contributed by atoms with van der Waals surface area (Å²) in [4.78, 5) is 0. The molecule has 101 valence electrons. The lowest BCUT2D eigenvalue weighted by molar-refractivity contribution is 0.728. The summed E-state index contributed by atoms with van der Waals surface area (Å²) in [7, 11) is 0. The molecule has 0 aromatic rings. The first-order valence-electron chi connectivity index (χ1n) is 7.31. The van der Waals surface area contributed by atoms with Crippen molar-refractivity contribution < 1.29 is 0 Å². The molecular weight excluding hydrogens is 216 g/mol. The molecule has 0 atom stereocenters. The molecule has 0 bridgehead atoms. The highest BCUT2D eigenvalue weighted by Crippen LogP contribution is 2.00. The van der Waals surface area contributed by atoms with Crippen LogP contribution >= 0.6 is 0 Å². The van der Waals surface area contributed by atoms with Crippen molar-refractivity contribution in [2.75, 3.05) is 0 Å². The van der Waals surface area contributed by atoms with E-state index in [2.05, 4.69) is 62.5 Å². The van der Waals surface area contributed by atoms with E-state index in [9.17, 15) is 0 Å². The van der Waals surface area contributed by atoms with E-state index in [1.165, 1.54) is 25.7 Å². The van der Waals surface area contributed by atoms with Gasteiger partial charge in [-0.25, -0.2) is 0 Å². The fraction of sp³-hybridized carbons (Fsp3) is 0.500. The van der Waals surface area contributed by atoms with Gasteiger partial charge in [0.1, 0.15) is 0 Å². The van der Waals surface area contributed by atoms with E-state index in [1.54, 1.807) is 0 Å². The molecule has 0 aliphatic carbocycles. The van der Waals surface area contributed by atoms with Crippen LogP contribution in [0.2, 0.25) is 0 Å². The minimum atomic E-state index is 0.887. The van der Waals surface area contributed by atoms with Crippen molar-refractivity contribution in [1.82, 2.24) is 0 Å². The second-order valence-corrected chi connectivity index (χ2v) is 4.38. The normalized spacial score (nSPS) is 12.8. The van der Waals surface area contributed by atoms with E-state index in [1.807, 2.05) is 0 Å². The number of rotatable bonds is 11. The second-order valence-electron chi connectivity index (χ2n) is 4.38. The van der Waals surface area contributed by atoms with Gasteiger partial charge in [-0.15, -0.1) is 0 Å². The third-order valence-electron chi connectivity index (χ3n) is 2.62. The zero-order chi connectivity index (χ0) is 13.3. The predicted molar refractivity (Wildman–Crippen MR) is 84.5 cm³/mol. The molecule has 0 nitrogen and oxygen atoms in total. The van der Waals surface area contributed by atoms with Crippen LogP contribution in [0.5, 0.6) is 0 Å². The second kappa shape index (κ2) is 16.0. The van der Waals surface area contributed by atoms with E-state index in [4.69, 9.17) is 0 Å². The highest BCUT2D eigenvalue weighted by Gasteiger charge is 1.80. The van der Waals surface area contributed by atoms with Crippen molar-refractivity contribution in [3.8, 4) is 0 Å². The highest BCUT2D eigenvalue weighted by atomic mass is 13.9. The molecule has 0 saturated heterocycles. The molecule has 0 heteroatoms. The number of hydrogen-bond donors (Lipinski definition) is 0. The topological polar surface area (TPSA) is 0 Å². The lowest BCUT2D eigenvalue weighted by atomic mass is 10.2. The summed E-state index contributed by atoms with van der Waals surface area (Å²) in [5, 5.41) is 0. The van der Waals surface area contributed by atoms with Crippen LogP contribution in [0.15, 0.2) is 48.6 Å². The summed E-state index contributed by atoms with van der Waals surface area (Å²) in [5.41, 5.74) is 0. The van der Waals surface area contributed by atoms with Crippen LogP contribution in [0.3, 0.4) is 0 Å². The van der Waals surface area contributed by atoms with Crippen molar-refractivity contribution in [3.63, 3.8) is 0 Å². The van der Waals surface area contributed by atoms with Crippen LogP contribution in [-0.4, -0.2) is 0 Å². The van der Waals surface area contributed by atoms with Gasteiger partial charge in [-0.2, -0.15) is 0 Å². The summed E-state index contributed by atoms with van der Waals surface area (Å²) in [5.74, 6) is 0. The fourth-order valence-corrected chi connectivity index (χ4v) is 1.56. The zero-order valence-corrected chi connectivity index (χ0v) is 12.0. The summed E-state index contributed by atoms with van der Waals surface area (Å²) in [6.45, 7) is 6.00. The summed E-state index contributed by atoms with van der Waals surface area (Å²) < 4.78 is 0. The molecule has 0 amide bonds. The van der Waals surface area contributed by atoms with Gasteiger partial charge in [0.05, 0.1) is 0 Å². The fourth-order valence-electron chi connectivity index (χ4n) is 1.56. The van der Waals surface area contributed by atoms with Crippen molar-refractivity contribution in [2.45, 2.75) is 58.3 Å². The van der Waals surface area contributed by atoms with Crippen LogP contribution in [0, 0.1) is 6.92 Å². The van der Waals surface area contributed by atoms with Crippen LogP contribution in [0.4, 0.5) is 0 Å². The van der Waals surface area contributed by atoms with Crippen LogP contribution in [0.25, 0.3) is 0 Å². The molecule has 18 heavy (non-hydrogen) atoms. The summed E-state index contributed by atoms with van der Waals surface area (Å²) >= 11 is 0. The maximum Gasteiger partial charge on any atom is -0.0169 e. The van der Waals surface area contributed by atoms with Gasteiger partial charge in [0.15, 0.2) is 0 Å². The molecule has 1 radical (unpaired) electrons. The Bertz CT molecular complexity index is 253. The third-order valence-corrected chi connectivity index (χ3v) is 2.62. The van der Waals surface area contributed by atoms with Gasteiger partial charge in [0, 0.05) is 0 Å². The SMILES string of the molecule is [CH2]CC=CCC=CCC=CCC=CCCCCC. The van der Waals surface area contributed by atoms with Crippen molar-refractivity contribution in [2.24, 2.45) is 0 Å². The molecule has 0 fully saturated rings. The monoisotopic (exact) mass is 245 g/mol. The molecule has 0 aromatic carbocycles. The maximum atomic E-state index is 3.76. The van der Waals surface area contributed by atoms with Crippen molar-refractivity contribution in [1.29, 1.82) is 0 Å². The maximum absolute atomic E-state index is 3.76. The average molecular weight is 245 g/mol. The molecule has 0 saturated carbocycles. The third kappa shape index (κ3) is 15.0. The minimum Gasteiger partial charge on any atom is -0.0882 e. The van der Waals surface area contributed by atoms with Gasteiger partial charge in [-0.1, -0.05) is 68.4 Å². The highest BCUT2D eigenvalue weighted by molar-refractivity contribution is 4.99. The molecule has 0 spiro atoms. The Morgan fingerprint density at radius 3 is 1.67 bits per heavy atom. The predicted octanol–water partition coefficient (Wildman–Crippen LogP) is 6.19. The lowest BCUT2D eigenvalue weighted by Gasteiger charge is -1.90. The Balaban J connectivity index is 3.34. The van der Waals surface area contributed by atoms with E-state index < -0.39 is 0 Å². The summed E-state index contributed by atoms with van der Waals surface area (Å²) in [6.07, 6.45) is 27.0. The van der Waals surface area contributed by atoms with Gasteiger partial charge in [0.2, 0.25) is 0 Å². The van der Waals surface area contributed by atoms with E-state index in [0.717, 1.165) is 25.7 Å². The quantitative estimate of drug-likeness (QED) is 0.301. The molecule has 0 aliphatic rings. The van der Waals surface area contributed by atoms with E-state index >= 15 is 0 Å². The first-order valence-corrected chi connectivity index (χ1v) is 7.31. The molecular formula is C18H29. The van der Waals surface area contributed by atoms with E-state index in [0.29, 0.717) is 0 Å². The van der Waals surface area contributed by atoms with Crippen molar-refractivity contribution in [3.05, 3.63) is 55.5 Å². The summed E-state index contributed by atoms with van der Waals surface area (Å²) in [6, 6.07) is 0. The molecule has 0 aromatic heterocycles. The lowest BCUT2D eigenvalue weighted by Crippen LogP contribution is -1.70. The van der Waals surface area contributed by atoms with Crippen LogP contribution in [0.1, 0.15) is 58.3 Å². The van der Waals surface area contributed by atoms with Gasteiger partial charge in [0.25, 0.3) is 0 Å². The Morgan fingerprint density at radius 1 is 0.667 bits per heavy atom. The Morgan fingerprint density at radius 2 is 1.17 bits per heavy atom. The number of unbranched alkanes of at least 4 members (excludes halogenated alkanes) is 3. The minimum absolute atomic E-state index is 0.887. The number of hydrogen-bond acceptors (Lipinski definition) is 0. The van der Waals surface area contributed by atoms with Crippen LogP contribution in [-0.2, 0) is 0 Å². The largest absolute Gasteiger partial charge is 0.0882 e. The zero-order valence-electron chi connectivity index (χ0n) is 12.0. The Kier molecular flexibility index (Phi) is 15.0. The first-order chi connectivity index (χ1) is 8.91. The Labute approximate surface area is 114 Å². The van der Waals surface area contributed by atoms with Crippen LogP contribution < -0.4 is 0 Å². The average Bonchev–Trinajstić information content (AvgIpc) is 2.39. The van der Waals surface area contributed by atoms with Crippen molar-refractivity contribution >= 4 is 0 Å². The molecule has 0 rings (SSSR count). The van der Waals surface area contributed by atoms with E-state index in [-0.39, 0.29) is 0 Å². The first kappa shape index (κ1) is 17.0. The van der Waals surface area contributed by atoms with Gasteiger partial charge in [-0.3, -0.25) is 0 Å². The molecule has 0 heterocycles. The van der Waals surface area contributed by atoms with Gasteiger partial charge in [-0.05, 0) is 45.4 Å². The Hall–Kier alpha value is -1.04. The smallest absolute Gasteiger partial charge is 0.0169 e. The van der Waals surface area contributed by atoms with Gasteiger partial charge >= 0.3 is 0 Å². The number of allylic oxidation sites excluding steroid dienone is 8.